The molecule has 0 unspecified atom stereocenters. The predicted octanol–water partition coefficient (Wildman–Crippen LogP) is 1.19. The van der Waals surface area contributed by atoms with Gasteiger partial charge < -0.3 is 5.43 Å². The van der Waals surface area contributed by atoms with E-state index in [-0.39, 0.29) is 0 Å². The Hall–Kier alpha value is -0.810. The SMILES string of the molecule is CCc1cc(NN)nc(CSC)n1. The first-order valence-electron chi connectivity index (χ1n) is 4.12. The minimum Gasteiger partial charge on any atom is -0.308 e. The molecule has 1 rings (SSSR count). The van der Waals surface area contributed by atoms with Gasteiger partial charge in [-0.3, -0.25) is 0 Å². The highest BCUT2D eigenvalue weighted by Gasteiger charge is 2.01. The Kier molecular flexibility index (Phi) is 3.98. The summed E-state index contributed by atoms with van der Waals surface area (Å²) in [5, 5.41) is 0. The van der Waals surface area contributed by atoms with E-state index in [1.54, 1.807) is 11.8 Å². The van der Waals surface area contributed by atoms with E-state index in [1.165, 1.54) is 0 Å². The molecule has 0 saturated heterocycles. The van der Waals surface area contributed by atoms with Crippen molar-refractivity contribution in [2.45, 2.75) is 19.1 Å². The van der Waals surface area contributed by atoms with Gasteiger partial charge in [0.15, 0.2) is 0 Å². The van der Waals surface area contributed by atoms with Crippen LogP contribution in [0.5, 0.6) is 0 Å². The van der Waals surface area contributed by atoms with Crippen molar-refractivity contribution in [3.8, 4) is 0 Å². The molecule has 0 atom stereocenters. The maximum Gasteiger partial charge on any atom is 0.143 e. The van der Waals surface area contributed by atoms with Gasteiger partial charge in [-0.2, -0.15) is 11.8 Å². The number of aryl methyl sites for hydroxylation is 1. The van der Waals surface area contributed by atoms with Crippen LogP contribution in [0.1, 0.15) is 18.4 Å². The number of nitrogens with zero attached hydrogens (tertiary/aromatic N) is 2. The van der Waals surface area contributed by atoms with Crippen molar-refractivity contribution in [2.75, 3.05) is 11.7 Å². The fourth-order valence-electron chi connectivity index (χ4n) is 1.00. The molecule has 0 aliphatic carbocycles. The van der Waals surface area contributed by atoms with Gasteiger partial charge in [-0.05, 0) is 12.7 Å². The molecule has 13 heavy (non-hydrogen) atoms. The summed E-state index contributed by atoms with van der Waals surface area (Å²) in [6.07, 6.45) is 2.93. The molecule has 0 amide bonds. The normalized spacial score (nSPS) is 10.1. The highest BCUT2D eigenvalue weighted by Crippen LogP contribution is 2.10. The van der Waals surface area contributed by atoms with Crippen LogP contribution in [0.4, 0.5) is 5.82 Å². The zero-order chi connectivity index (χ0) is 9.68. The number of nitrogens with two attached hydrogens (primary N) is 1. The van der Waals surface area contributed by atoms with Crippen LogP contribution in [0.3, 0.4) is 0 Å². The molecule has 0 spiro atoms. The third-order valence-corrected chi connectivity index (χ3v) is 2.16. The van der Waals surface area contributed by atoms with Gasteiger partial charge in [0.05, 0.1) is 5.75 Å². The number of anilines is 1. The molecule has 0 aliphatic heterocycles. The van der Waals surface area contributed by atoms with Crippen molar-refractivity contribution in [3.63, 3.8) is 0 Å². The molecule has 0 radical (unpaired) electrons. The van der Waals surface area contributed by atoms with Crippen LogP contribution in [0.2, 0.25) is 0 Å². The molecular formula is C8H14N4S. The van der Waals surface area contributed by atoms with E-state index in [0.717, 1.165) is 23.7 Å². The maximum atomic E-state index is 5.29. The van der Waals surface area contributed by atoms with Gasteiger partial charge in [-0.25, -0.2) is 15.8 Å². The fourth-order valence-corrected chi connectivity index (χ4v) is 1.39. The number of nitrogen functional groups attached to an aromatic ring is 1. The lowest BCUT2D eigenvalue weighted by molar-refractivity contribution is 0.939. The molecule has 1 aromatic heterocycles. The lowest BCUT2D eigenvalue weighted by Gasteiger charge is -2.04. The van der Waals surface area contributed by atoms with Gasteiger partial charge in [-0.1, -0.05) is 6.92 Å². The summed E-state index contributed by atoms with van der Waals surface area (Å²) >= 11 is 1.70. The fraction of sp³-hybridized carbons (Fsp3) is 0.500. The van der Waals surface area contributed by atoms with Crippen molar-refractivity contribution in [1.82, 2.24) is 9.97 Å². The second-order valence-corrected chi connectivity index (χ2v) is 3.46. The summed E-state index contributed by atoms with van der Waals surface area (Å²) < 4.78 is 0. The average molecular weight is 198 g/mol. The van der Waals surface area contributed by atoms with Crippen molar-refractivity contribution in [1.29, 1.82) is 0 Å². The van der Waals surface area contributed by atoms with Crippen LogP contribution in [-0.4, -0.2) is 16.2 Å². The molecule has 0 aliphatic rings. The van der Waals surface area contributed by atoms with Crippen molar-refractivity contribution in [2.24, 2.45) is 5.84 Å². The second-order valence-electron chi connectivity index (χ2n) is 2.59. The number of aromatic nitrogens is 2. The Bertz CT molecular complexity index is 255. The second kappa shape index (κ2) is 5.04. The Labute approximate surface area is 82.3 Å². The summed E-state index contributed by atoms with van der Waals surface area (Å²) in [6, 6.07) is 1.86. The Balaban J connectivity index is 2.93. The summed E-state index contributed by atoms with van der Waals surface area (Å²) in [7, 11) is 0. The molecule has 0 bridgehead atoms. The average Bonchev–Trinajstić information content (AvgIpc) is 2.17. The minimum atomic E-state index is 0.691. The maximum absolute atomic E-state index is 5.29. The van der Waals surface area contributed by atoms with Crippen LogP contribution in [0.15, 0.2) is 6.07 Å². The van der Waals surface area contributed by atoms with E-state index in [2.05, 4.69) is 22.3 Å². The zero-order valence-corrected chi connectivity index (χ0v) is 8.69. The first kappa shape index (κ1) is 10.3. The van der Waals surface area contributed by atoms with Gasteiger partial charge in [0.1, 0.15) is 11.6 Å². The molecule has 4 nitrogen and oxygen atoms in total. The monoisotopic (exact) mass is 198 g/mol. The topological polar surface area (TPSA) is 63.8 Å². The van der Waals surface area contributed by atoms with E-state index in [1.807, 2.05) is 12.3 Å². The third kappa shape index (κ3) is 2.86. The molecule has 0 aromatic carbocycles. The summed E-state index contributed by atoms with van der Waals surface area (Å²) in [4.78, 5) is 8.58. The Morgan fingerprint density at radius 1 is 1.54 bits per heavy atom. The zero-order valence-electron chi connectivity index (χ0n) is 7.87. The van der Waals surface area contributed by atoms with Crippen molar-refractivity contribution >= 4 is 17.6 Å². The largest absolute Gasteiger partial charge is 0.308 e. The molecule has 1 aromatic rings. The van der Waals surface area contributed by atoms with Crippen molar-refractivity contribution in [3.05, 3.63) is 17.6 Å². The molecule has 72 valence electrons. The van der Waals surface area contributed by atoms with Crippen LogP contribution < -0.4 is 11.3 Å². The van der Waals surface area contributed by atoms with Gasteiger partial charge in [0, 0.05) is 11.8 Å². The number of hydrogen-bond acceptors (Lipinski definition) is 5. The van der Waals surface area contributed by atoms with Crippen LogP contribution in [0, 0.1) is 0 Å². The number of hydrazine groups is 1. The number of thioether (sulfide) groups is 1. The van der Waals surface area contributed by atoms with Gasteiger partial charge in [-0.15, -0.1) is 0 Å². The van der Waals surface area contributed by atoms with Crippen molar-refractivity contribution < 1.29 is 0 Å². The lowest BCUT2D eigenvalue weighted by atomic mass is 10.3. The number of rotatable bonds is 4. The number of hydrogen-bond donors (Lipinski definition) is 2. The summed E-state index contributed by atoms with van der Waals surface area (Å²) in [5.41, 5.74) is 3.56. The van der Waals surface area contributed by atoms with E-state index in [4.69, 9.17) is 5.84 Å². The molecule has 1 heterocycles. The standard InChI is InChI=1S/C8H14N4S/c1-3-6-4-7(12-9)11-8(10-6)5-13-2/h4H,3,5,9H2,1-2H3,(H,10,11,12). The highest BCUT2D eigenvalue weighted by molar-refractivity contribution is 7.97. The molecular weight excluding hydrogens is 184 g/mol. The van der Waals surface area contributed by atoms with Gasteiger partial charge in [0.2, 0.25) is 0 Å². The van der Waals surface area contributed by atoms with Crippen LogP contribution >= 0.6 is 11.8 Å². The van der Waals surface area contributed by atoms with E-state index in [0.29, 0.717) is 5.82 Å². The summed E-state index contributed by atoms with van der Waals surface area (Å²) in [5.74, 6) is 7.64. The third-order valence-electron chi connectivity index (χ3n) is 1.61. The van der Waals surface area contributed by atoms with Crippen LogP contribution in [-0.2, 0) is 12.2 Å². The van der Waals surface area contributed by atoms with E-state index in [9.17, 15) is 0 Å². The Morgan fingerprint density at radius 3 is 2.85 bits per heavy atom. The van der Waals surface area contributed by atoms with E-state index < -0.39 is 0 Å². The van der Waals surface area contributed by atoms with Crippen LogP contribution in [0.25, 0.3) is 0 Å². The molecule has 5 heteroatoms. The molecule has 0 fully saturated rings. The Morgan fingerprint density at radius 2 is 2.31 bits per heavy atom. The van der Waals surface area contributed by atoms with E-state index >= 15 is 0 Å². The van der Waals surface area contributed by atoms with Gasteiger partial charge in [0.25, 0.3) is 0 Å². The minimum absolute atomic E-state index is 0.691. The lowest BCUT2D eigenvalue weighted by Crippen LogP contribution is -2.11. The quantitative estimate of drug-likeness (QED) is 0.562. The smallest absolute Gasteiger partial charge is 0.143 e. The first-order chi connectivity index (χ1) is 6.30. The molecule has 3 N–H and O–H groups in total. The summed E-state index contributed by atoms with van der Waals surface area (Å²) in [6.45, 7) is 2.06. The predicted molar refractivity (Wildman–Crippen MR) is 56.4 cm³/mol. The first-order valence-corrected chi connectivity index (χ1v) is 5.52. The highest BCUT2D eigenvalue weighted by atomic mass is 32.2. The molecule has 0 saturated carbocycles. The number of nitrogens with one attached hydrogen (secondary N) is 1. The van der Waals surface area contributed by atoms with Gasteiger partial charge >= 0.3 is 0 Å².